The lowest BCUT2D eigenvalue weighted by Crippen LogP contribution is -2.02. The maximum absolute atomic E-state index is 5.91. The minimum atomic E-state index is 0.446. The van der Waals surface area contributed by atoms with E-state index in [0.717, 1.165) is 34.3 Å². The number of ether oxygens (including phenoxy) is 1. The Morgan fingerprint density at radius 2 is 2.11 bits per heavy atom. The van der Waals surface area contributed by atoms with E-state index in [2.05, 4.69) is 17.2 Å². The van der Waals surface area contributed by atoms with Crippen LogP contribution in [-0.2, 0) is 6.61 Å². The molecule has 0 spiro atoms. The van der Waals surface area contributed by atoms with Gasteiger partial charge in [-0.25, -0.2) is 0 Å². The van der Waals surface area contributed by atoms with E-state index in [0.29, 0.717) is 6.61 Å². The van der Waals surface area contributed by atoms with Crippen LogP contribution in [0.3, 0.4) is 0 Å². The average molecular weight is 277 g/mol. The minimum Gasteiger partial charge on any atom is -0.487 e. The Bertz CT molecular complexity index is 558. The number of nitrogens with one attached hydrogen (secondary N) is 1. The summed E-state index contributed by atoms with van der Waals surface area (Å²) in [4.78, 5) is 4.29. The van der Waals surface area contributed by atoms with Crippen molar-refractivity contribution in [3.63, 3.8) is 0 Å². The summed E-state index contributed by atoms with van der Waals surface area (Å²) < 4.78 is 5.76. The molecule has 0 aliphatic heterocycles. The Labute approximate surface area is 118 Å². The highest BCUT2D eigenvalue weighted by molar-refractivity contribution is 6.30. The molecule has 0 fully saturated rings. The Kier molecular flexibility index (Phi) is 4.63. The van der Waals surface area contributed by atoms with Crippen molar-refractivity contribution in [1.82, 2.24) is 4.98 Å². The molecule has 0 atom stereocenters. The van der Waals surface area contributed by atoms with Gasteiger partial charge in [0, 0.05) is 23.5 Å². The fourth-order valence-corrected chi connectivity index (χ4v) is 2.02. The second-order valence-electron chi connectivity index (χ2n) is 4.26. The summed E-state index contributed by atoms with van der Waals surface area (Å²) in [5, 5.41) is 3.97. The minimum absolute atomic E-state index is 0.446. The van der Waals surface area contributed by atoms with E-state index < -0.39 is 0 Å². The molecule has 1 aromatic carbocycles. The lowest BCUT2D eigenvalue weighted by Gasteiger charge is -2.10. The molecule has 0 bridgehead atoms. The molecule has 0 saturated carbocycles. The first-order chi connectivity index (χ1) is 9.19. The van der Waals surface area contributed by atoms with E-state index in [1.165, 1.54) is 0 Å². The van der Waals surface area contributed by atoms with Gasteiger partial charge in [-0.2, -0.15) is 0 Å². The van der Waals surface area contributed by atoms with Gasteiger partial charge in [-0.05, 0) is 49.7 Å². The van der Waals surface area contributed by atoms with E-state index in [-0.39, 0.29) is 0 Å². The average Bonchev–Trinajstić information content (AvgIpc) is 2.38. The van der Waals surface area contributed by atoms with Crippen molar-refractivity contribution in [1.29, 1.82) is 0 Å². The highest BCUT2D eigenvalue weighted by Crippen LogP contribution is 2.22. The molecule has 0 unspecified atom stereocenters. The summed E-state index contributed by atoms with van der Waals surface area (Å²) in [6.45, 7) is 5.37. The number of nitrogens with zero attached hydrogens (tertiary/aromatic N) is 1. The van der Waals surface area contributed by atoms with Gasteiger partial charge in [-0.3, -0.25) is 4.98 Å². The fourth-order valence-electron chi connectivity index (χ4n) is 1.80. The molecular formula is C15H17ClN2O. The maximum Gasteiger partial charge on any atom is 0.130 e. The molecule has 3 nitrogen and oxygen atoms in total. The van der Waals surface area contributed by atoms with Gasteiger partial charge in [-0.15, -0.1) is 0 Å². The Balaban J connectivity index is 2.03. The summed E-state index contributed by atoms with van der Waals surface area (Å²) in [5.41, 5.74) is 2.98. The molecule has 19 heavy (non-hydrogen) atoms. The molecule has 1 aromatic heterocycles. The molecule has 100 valence electrons. The number of benzene rings is 1. The van der Waals surface area contributed by atoms with E-state index in [1.807, 2.05) is 37.3 Å². The number of aryl methyl sites for hydroxylation is 1. The SMILES string of the molecule is CCNc1ccnc(COc2ccc(Cl)cc2C)c1. The van der Waals surface area contributed by atoms with Crippen LogP contribution in [0.2, 0.25) is 5.02 Å². The number of aromatic nitrogens is 1. The number of rotatable bonds is 5. The summed E-state index contributed by atoms with van der Waals surface area (Å²) >= 11 is 5.91. The maximum atomic E-state index is 5.91. The number of anilines is 1. The van der Waals surface area contributed by atoms with E-state index in [1.54, 1.807) is 6.20 Å². The Morgan fingerprint density at radius 3 is 2.84 bits per heavy atom. The van der Waals surface area contributed by atoms with Crippen molar-refractivity contribution in [2.75, 3.05) is 11.9 Å². The highest BCUT2D eigenvalue weighted by atomic mass is 35.5. The van der Waals surface area contributed by atoms with Crippen molar-refractivity contribution < 1.29 is 4.74 Å². The van der Waals surface area contributed by atoms with Crippen molar-refractivity contribution >= 4 is 17.3 Å². The lowest BCUT2D eigenvalue weighted by molar-refractivity contribution is 0.299. The molecule has 0 radical (unpaired) electrons. The zero-order chi connectivity index (χ0) is 13.7. The van der Waals surface area contributed by atoms with Gasteiger partial charge in [0.25, 0.3) is 0 Å². The highest BCUT2D eigenvalue weighted by Gasteiger charge is 2.02. The first-order valence-electron chi connectivity index (χ1n) is 6.27. The van der Waals surface area contributed by atoms with Gasteiger partial charge in [0.2, 0.25) is 0 Å². The van der Waals surface area contributed by atoms with Crippen molar-refractivity contribution in [3.05, 3.63) is 52.8 Å². The van der Waals surface area contributed by atoms with Gasteiger partial charge in [0.1, 0.15) is 12.4 Å². The number of halogens is 1. The quantitative estimate of drug-likeness (QED) is 0.894. The van der Waals surface area contributed by atoms with Crippen LogP contribution in [0.4, 0.5) is 5.69 Å². The van der Waals surface area contributed by atoms with Crippen LogP contribution in [0.1, 0.15) is 18.2 Å². The van der Waals surface area contributed by atoms with Crippen molar-refractivity contribution in [2.45, 2.75) is 20.5 Å². The van der Waals surface area contributed by atoms with Gasteiger partial charge in [0.05, 0.1) is 5.69 Å². The third-order valence-electron chi connectivity index (χ3n) is 2.71. The smallest absolute Gasteiger partial charge is 0.130 e. The molecule has 4 heteroatoms. The summed E-state index contributed by atoms with van der Waals surface area (Å²) in [7, 11) is 0. The molecule has 0 aliphatic carbocycles. The molecule has 1 heterocycles. The molecule has 2 aromatic rings. The summed E-state index contributed by atoms with van der Waals surface area (Å²) in [5.74, 6) is 0.833. The van der Waals surface area contributed by atoms with Crippen molar-refractivity contribution in [2.24, 2.45) is 0 Å². The monoisotopic (exact) mass is 276 g/mol. The van der Waals surface area contributed by atoms with Crippen LogP contribution in [0.25, 0.3) is 0 Å². The molecular weight excluding hydrogens is 260 g/mol. The molecule has 0 aliphatic rings. The predicted molar refractivity (Wildman–Crippen MR) is 78.9 cm³/mol. The topological polar surface area (TPSA) is 34.2 Å². The second kappa shape index (κ2) is 6.43. The van der Waals surface area contributed by atoms with Crippen molar-refractivity contribution in [3.8, 4) is 5.75 Å². The van der Waals surface area contributed by atoms with Crippen LogP contribution in [0.5, 0.6) is 5.75 Å². The van der Waals surface area contributed by atoms with Crippen LogP contribution >= 0.6 is 11.6 Å². The van der Waals surface area contributed by atoms with Gasteiger partial charge in [0.15, 0.2) is 0 Å². The van der Waals surface area contributed by atoms with Gasteiger partial charge < -0.3 is 10.1 Å². The summed E-state index contributed by atoms with van der Waals surface area (Å²) in [6, 6.07) is 9.53. The van der Waals surface area contributed by atoms with Crippen LogP contribution in [0.15, 0.2) is 36.5 Å². The number of hydrogen-bond acceptors (Lipinski definition) is 3. The third-order valence-corrected chi connectivity index (χ3v) is 2.95. The van der Waals surface area contributed by atoms with Crippen LogP contribution in [0, 0.1) is 6.92 Å². The van der Waals surface area contributed by atoms with Gasteiger partial charge in [-0.1, -0.05) is 11.6 Å². The Hall–Kier alpha value is -1.74. The van der Waals surface area contributed by atoms with E-state index in [4.69, 9.17) is 16.3 Å². The first-order valence-corrected chi connectivity index (χ1v) is 6.64. The largest absolute Gasteiger partial charge is 0.487 e. The molecule has 2 rings (SSSR count). The third kappa shape index (κ3) is 3.86. The molecule has 0 amide bonds. The number of hydrogen-bond donors (Lipinski definition) is 1. The number of pyridine rings is 1. The van der Waals surface area contributed by atoms with E-state index in [9.17, 15) is 0 Å². The predicted octanol–water partition coefficient (Wildman–Crippen LogP) is 4.05. The lowest BCUT2D eigenvalue weighted by atomic mass is 10.2. The van der Waals surface area contributed by atoms with E-state index >= 15 is 0 Å². The first kappa shape index (κ1) is 13.7. The van der Waals surface area contributed by atoms with Gasteiger partial charge >= 0.3 is 0 Å². The zero-order valence-corrected chi connectivity index (χ0v) is 11.9. The Morgan fingerprint density at radius 1 is 1.26 bits per heavy atom. The molecule has 0 saturated heterocycles. The normalized spacial score (nSPS) is 10.3. The standard InChI is InChI=1S/C15H17ClN2O/c1-3-17-13-6-7-18-14(9-13)10-19-15-5-4-12(16)8-11(15)2/h4-9H,3,10H2,1-2H3,(H,17,18). The zero-order valence-electron chi connectivity index (χ0n) is 11.1. The van der Waals surface area contributed by atoms with Crippen LogP contribution < -0.4 is 10.1 Å². The summed E-state index contributed by atoms with van der Waals surface area (Å²) in [6.07, 6.45) is 1.78. The molecule has 1 N–H and O–H groups in total. The fraction of sp³-hybridized carbons (Fsp3) is 0.267. The second-order valence-corrected chi connectivity index (χ2v) is 4.70. The van der Waals surface area contributed by atoms with Crippen LogP contribution in [-0.4, -0.2) is 11.5 Å².